The Labute approximate surface area is 91.8 Å². The van der Waals surface area contributed by atoms with Crippen molar-refractivity contribution in [1.82, 2.24) is 4.90 Å². The quantitative estimate of drug-likeness (QED) is 0.614. The van der Waals surface area contributed by atoms with Gasteiger partial charge in [0.1, 0.15) is 11.8 Å². The zero-order valence-electron chi connectivity index (χ0n) is 8.79. The van der Waals surface area contributed by atoms with Gasteiger partial charge < -0.3 is 10.2 Å². The zero-order valence-corrected chi connectivity index (χ0v) is 8.79. The van der Waals surface area contributed by atoms with E-state index in [1.54, 1.807) is 11.9 Å². The standard InChI is InChI=1S/C10H13NO5/c1-11-4-2-3-5(11)7(10(15)16)8(12)6(4)9(13)14/h4-7H,2-3H2,1H3,(H,13,14)(H,15,16). The molecule has 2 saturated heterocycles. The van der Waals surface area contributed by atoms with Gasteiger partial charge in [0, 0.05) is 12.1 Å². The topological polar surface area (TPSA) is 94.9 Å². The number of nitrogens with zero attached hydrogens (tertiary/aromatic N) is 1. The van der Waals surface area contributed by atoms with E-state index in [1.807, 2.05) is 0 Å². The second-order valence-corrected chi connectivity index (χ2v) is 4.41. The predicted molar refractivity (Wildman–Crippen MR) is 51.8 cm³/mol. The van der Waals surface area contributed by atoms with Gasteiger partial charge in [0.05, 0.1) is 0 Å². The highest BCUT2D eigenvalue weighted by Gasteiger charge is 2.56. The van der Waals surface area contributed by atoms with Crippen molar-refractivity contribution < 1.29 is 24.6 Å². The summed E-state index contributed by atoms with van der Waals surface area (Å²) in [5, 5.41) is 18.0. The van der Waals surface area contributed by atoms with E-state index in [1.165, 1.54) is 0 Å². The van der Waals surface area contributed by atoms with Gasteiger partial charge in [-0.05, 0) is 19.9 Å². The molecule has 16 heavy (non-hydrogen) atoms. The molecule has 0 aromatic rings. The molecule has 6 nitrogen and oxygen atoms in total. The van der Waals surface area contributed by atoms with Crippen LogP contribution in [0.15, 0.2) is 0 Å². The van der Waals surface area contributed by atoms with Gasteiger partial charge in [-0.25, -0.2) is 0 Å². The molecule has 2 aliphatic rings. The van der Waals surface area contributed by atoms with Gasteiger partial charge in [-0.1, -0.05) is 0 Å². The van der Waals surface area contributed by atoms with Crippen molar-refractivity contribution in [3.05, 3.63) is 0 Å². The smallest absolute Gasteiger partial charge is 0.315 e. The van der Waals surface area contributed by atoms with Crippen LogP contribution in [0.25, 0.3) is 0 Å². The third-order valence-corrected chi connectivity index (χ3v) is 3.72. The SMILES string of the molecule is CN1C2CCC1C(C(=O)O)C(=O)C2C(=O)O. The Morgan fingerprint density at radius 3 is 1.81 bits per heavy atom. The molecule has 88 valence electrons. The van der Waals surface area contributed by atoms with Crippen LogP contribution in [-0.4, -0.2) is 52.0 Å². The summed E-state index contributed by atoms with van der Waals surface area (Å²) in [4.78, 5) is 35.6. The number of aliphatic carboxylic acids is 2. The van der Waals surface area contributed by atoms with Gasteiger partial charge in [0.15, 0.2) is 5.78 Å². The number of hydrogen-bond donors (Lipinski definition) is 2. The number of ketones is 1. The number of Topliss-reactive ketones (excluding diaryl/α,β-unsaturated/α-hetero) is 1. The van der Waals surface area contributed by atoms with Crippen molar-refractivity contribution in [1.29, 1.82) is 0 Å². The normalized spacial score (nSPS) is 38.7. The molecular formula is C10H13NO5. The maximum atomic E-state index is 11.8. The fourth-order valence-corrected chi connectivity index (χ4v) is 2.94. The second kappa shape index (κ2) is 3.55. The highest BCUT2D eigenvalue weighted by Crippen LogP contribution is 2.39. The molecule has 4 atom stereocenters. The maximum Gasteiger partial charge on any atom is 0.315 e. The summed E-state index contributed by atoms with van der Waals surface area (Å²) < 4.78 is 0. The number of carboxylic acids is 2. The molecule has 6 heteroatoms. The maximum absolute atomic E-state index is 11.8. The number of rotatable bonds is 2. The molecule has 0 aromatic heterocycles. The van der Waals surface area contributed by atoms with Crippen LogP contribution in [0.1, 0.15) is 12.8 Å². The summed E-state index contributed by atoms with van der Waals surface area (Å²) in [6.07, 6.45) is 1.15. The Kier molecular flexibility index (Phi) is 2.46. The minimum atomic E-state index is -1.21. The van der Waals surface area contributed by atoms with Crippen LogP contribution in [-0.2, 0) is 14.4 Å². The zero-order chi connectivity index (χ0) is 12.0. The van der Waals surface area contributed by atoms with Crippen molar-refractivity contribution >= 4 is 17.7 Å². The first-order chi connectivity index (χ1) is 7.45. The van der Waals surface area contributed by atoms with Crippen LogP contribution in [0.5, 0.6) is 0 Å². The number of carbonyl (C=O) groups is 3. The summed E-state index contributed by atoms with van der Waals surface area (Å²) in [6, 6.07) is -0.684. The minimum absolute atomic E-state index is 0.342. The summed E-state index contributed by atoms with van der Waals surface area (Å²) in [5.74, 6) is -5.46. The molecule has 0 aromatic carbocycles. The van der Waals surface area contributed by atoms with Crippen LogP contribution in [0.2, 0.25) is 0 Å². The first-order valence-corrected chi connectivity index (χ1v) is 5.16. The molecule has 2 aliphatic heterocycles. The summed E-state index contributed by atoms with van der Waals surface area (Å²) in [6.45, 7) is 0. The first kappa shape index (κ1) is 11.1. The Morgan fingerprint density at radius 1 is 1.12 bits per heavy atom. The summed E-state index contributed by atoms with van der Waals surface area (Å²) >= 11 is 0. The third kappa shape index (κ3) is 1.33. The van der Waals surface area contributed by atoms with E-state index in [0.717, 1.165) is 0 Å². The van der Waals surface area contributed by atoms with Crippen molar-refractivity contribution in [3.63, 3.8) is 0 Å². The average Bonchev–Trinajstić information content (AvgIpc) is 2.46. The summed E-state index contributed by atoms with van der Waals surface area (Å²) in [7, 11) is 1.70. The Morgan fingerprint density at radius 2 is 1.50 bits per heavy atom. The average molecular weight is 227 g/mol. The Balaban J connectivity index is 2.40. The van der Waals surface area contributed by atoms with E-state index in [2.05, 4.69) is 0 Å². The molecule has 4 unspecified atom stereocenters. The number of fused-ring (bicyclic) bond motifs is 2. The predicted octanol–water partition coefficient (Wildman–Crippen LogP) is -0.566. The Bertz CT molecular complexity index is 334. The lowest BCUT2D eigenvalue weighted by atomic mass is 9.81. The number of piperidine rings is 1. The van der Waals surface area contributed by atoms with Gasteiger partial charge >= 0.3 is 11.9 Å². The van der Waals surface area contributed by atoms with E-state index in [9.17, 15) is 14.4 Å². The Hall–Kier alpha value is -1.43. The summed E-state index contributed by atoms with van der Waals surface area (Å²) in [5.41, 5.74) is 0. The van der Waals surface area contributed by atoms with Crippen molar-refractivity contribution in [2.24, 2.45) is 11.8 Å². The molecule has 2 bridgehead atoms. The highest BCUT2D eigenvalue weighted by molar-refractivity contribution is 6.09. The van der Waals surface area contributed by atoms with Crippen LogP contribution in [0.3, 0.4) is 0 Å². The van der Waals surface area contributed by atoms with Gasteiger partial charge in [-0.15, -0.1) is 0 Å². The lowest BCUT2D eigenvalue weighted by Crippen LogP contribution is -2.57. The van der Waals surface area contributed by atoms with Crippen molar-refractivity contribution in [2.45, 2.75) is 24.9 Å². The van der Waals surface area contributed by atoms with Crippen LogP contribution >= 0.6 is 0 Å². The number of carboxylic acid groups (broad SMARTS) is 2. The molecule has 2 heterocycles. The fraction of sp³-hybridized carbons (Fsp3) is 0.700. The van der Waals surface area contributed by atoms with E-state index >= 15 is 0 Å². The lowest BCUT2D eigenvalue weighted by Gasteiger charge is -2.37. The van der Waals surface area contributed by atoms with E-state index in [4.69, 9.17) is 10.2 Å². The highest BCUT2D eigenvalue weighted by atomic mass is 16.4. The molecular weight excluding hydrogens is 214 g/mol. The number of carbonyl (C=O) groups excluding carboxylic acids is 1. The van der Waals surface area contributed by atoms with Gasteiger partial charge in [-0.3, -0.25) is 19.3 Å². The molecule has 2 fully saturated rings. The van der Waals surface area contributed by atoms with Crippen LogP contribution in [0.4, 0.5) is 0 Å². The molecule has 2 N–H and O–H groups in total. The molecule has 0 amide bonds. The van der Waals surface area contributed by atoms with E-state index < -0.39 is 29.6 Å². The van der Waals surface area contributed by atoms with Gasteiger partial charge in [0.2, 0.25) is 0 Å². The van der Waals surface area contributed by atoms with Crippen molar-refractivity contribution in [2.75, 3.05) is 7.05 Å². The minimum Gasteiger partial charge on any atom is -0.481 e. The molecule has 0 radical (unpaired) electrons. The molecule has 0 saturated carbocycles. The first-order valence-electron chi connectivity index (χ1n) is 5.16. The third-order valence-electron chi connectivity index (χ3n) is 3.72. The second-order valence-electron chi connectivity index (χ2n) is 4.41. The van der Waals surface area contributed by atoms with Gasteiger partial charge in [0.25, 0.3) is 0 Å². The van der Waals surface area contributed by atoms with Crippen molar-refractivity contribution in [3.8, 4) is 0 Å². The molecule has 0 spiro atoms. The largest absolute Gasteiger partial charge is 0.481 e. The van der Waals surface area contributed by atoms with Gasteiger partial charge in [-0.2, -0.15) is 0 Å². The van der Waals surface area contributed by atoms with Crippen LogP contribution < -0.4 is 0 Å². The van der Waals surface area contributed by atoms with E-state index in [0.29, 0.717) is 12.8 Å². The fourth-order valence-electron chi connectivity index (χ4n) is 2.94. The molecule has 0 aliphatic carbocycles. The monoisotopic (exact) mass is 227 g/mol. The van der Waals surface area contributed by atoms with E-state index in [-0.39, 0.29) is 12.1 Å². The molecule has 2 rings (SSSR count). The lowest BCUT2D eigenvalue weighted by molar-refractivity contribution is -0.160. The van der Waals surface area contributed by atoms with Crippen LogP contribution in [0, 0.1) is 11.8 Å². The number of hydrogen-bond acceptors (Lipinski definition) is 4.